The summed E-state index contributed by atoms with van der Waals surface area (Å²) in [4.78, 5) is 38.7. The smallest absolute Gasteiger partial charge is 0.307 e. The molecule has 0 aromatic heterocycles. The molecule has 0 fully saturated rings. The lowest BCUT2D eigenvalue weighted by Gasteiger charge is -2.24. The Bertz CT molecular complexity index is 1290. The Balaban J connectivity index is 1.52. The maximum absolute atomic E-state index is 13.4. The molecule has 190 valence electrons. The predicted octanol–water partition coefficient (Wildman–Crippen LogP) is 5.77. The first-order valence-electron chi connectivity index (χ1n) is 11.9. The van der Waals surface area contributed by atoms with Gasteiger partial charge in [0.1, 0.15) is 11.0 Å². The van der Waals surface area contributed by atoms with Gasteiger partial charge in [-0.25, -0.2) is 0 Å². The number of rotatable bonds is 9. The van der Waals surface area contributed by atoms with Crippen molar-refractivity contribution < 1.29 is 24.2 Å². The second-order valence-electron chi connectivity index (χ2n) is 8.64. The number of carbonyl (C=O) groups is 3. The van der Waals surface area contributed by atoms with E-state index in [-0.39, 0.29) is 11.8 Å². The zero-order valence-electron chi connectivity index (χ0n) is 20.3. The van der Waals surface area contributed by atoms with Crippen molar-refractivity contribution in [1.29, 1.82) is 0 Å². The van der Waals surface area contributed by atoms with Gasteiger partial charge in [0.05, 0.1) is 18.9 Å². The highest BCUT2D eigenvalue weighted by Gasteiger charge is 2.34. The van der Waals surface area contributed by atoms with Crippen molar-refractivity contribution in [3.05, 3.63) is 96.6 Å². The lowest BCUT2D eigenvalue weighted by molar-refractivity contribution is -0.146. The minimum absolute atomic E-state index is 0.197. The van der Waals surface area contributed by atoms with E-state index in [1.54, 1.807) is 49.6 Å². The van der Waals surface area contributed by atoms with Crippen molar-refractivity contribution in [2.75, 3.05) is 17.7 Å². The Kier molecular flexibility index (Phi) is 8.64. The molecule has 8 heteroatoms. The number of nitrogens with one attached hydrogen (secondary N) is 2. The summed E-state index contributed by atoms with van der Waals surface area (Å²) in [7, 11) is 1.57. The van der Waals surface area contributed by atoms with E-state index in [1.165, 1.54) is 11.8 Å². The predicted molar refractivity (Wildman–Crippen MR) is 145 cm³/mol. The van der Waals surface area contributed by atoms with Crippen molar-refractivity contribution in [1.82, 2.24) is 0 Å². The van der Waals surface area contributed by atoms with E-state index in [1.807, 2.05) is 48.5 Å². The summed E-state index contributed by atoms with van der Waals surface area (Å²) >= 11 is 1.36. The summed E-state index contributed by atoms with van der Waals surface area (Å²) in [5.41, 5.74) is 2.01. The molecule has 4 rings (SSSR count). The van der Waals surface area contributed by atoms with Gasteiger partial charge in [0, 0.05) is 22.3 Å². The van der Waals surface area contributed by atoms with E-state index in [2.05, 4.69) is 10.6 Å². The molecule has 0 saturated heterocycles. The molecule has 3 unspecified atom stereocenters. The Morgan fingerprint density at radius 2 is 1.54 bits per heavy atom. The number of anilines is 2. The van der Waals surface area contributed by atoms with Crippen LogP contribution in [0.25, 0.3) is 0 Å². The highest BCUT2D eigenvalue weighted by molar-refractivity contribution is 8.00. The zero-order chi connectivity index (χ0) is 26.2. The van der Waals surface area contributed by atoms with Crippen molar-refractivity contribution in [3.8, 4) is 5.75 Å². The van der Waals surface area contributed by atoms with E-state index in [4.69, 9.17) is 4.74 Å². The number of allylic oxidation sites excluding steroid dienone is 2. The molecule has 3 aromatic carbocycles. The summed E-state index contributed by atoms with van der Waals surface area (Å²) in [5.74, 6) is -2.23. The fourth-order valence-electron chi connectivity index (χ4n) is 4.20. The molecule has 0 spiro atoms. The number of thioether (sulfide) groups is 1. The molecule has 3 atom stereocenters. The topological polar surface area (TPSA) is 105 Å². The second kappa shape index (κ2) is 12.3. The maximum Gasteiger partial charge on any atom is 0.307 e. The molecule has 37 heavy (non-hydrogen) atoms. The maximum atomic E-state index is 13.4. The van der Waals surface area contributed by atoms with Gasteiger partial charge in [-0.2, -0.15) is 0 Å². The number of benzene rings is 3. The lowest BCUT2D eigenvalue weighted by atomic mass is 9.82. The monoisotopic (exact) mass is 516 g/mol. The Hall–Kier alpha value is -4.04. The number of methoxy groups -OCH3 is 1. The zero-order valence-corrected chi connectivity index (χ0v) is 21.1. The Morgan fingerprint density at radius 3 is 2.24 bits per heavy atom. The van der Waals surface area contributed by atoms with E-state index < -0.39 is 23.1 Å². The molecule has 0 saturated carbocycles. The average molecular weight is 517 g/mol. The molecule has 2 amide bonds. The minimum Gasteiger partial charge on any atom is -0.497 e. The van der Waals surface area contributed by atoms with Crippen LogP contribution in [-0.2, 0) is 14.4 Å². The van der Waals surface area contributed by atoms with Crippen molar-refractivity contribution >= 4 is 40.9 Å². The molecule has 1 aliphatic carbocycles. The van der Waals surface area contributed by atoms with Crippen LogP contribution in [0.1, 0.15) is 23.7 Å². The van der Waals surface area contributed by atoms with Crippen molar-refractivity contribution in [2.24, 2.45) is 11.8 Å². The van der Waals surface area contributed by atoms with E-state index in [9.17, 15) is 19.5 Å². The lowest BCUT2D eigenvalue weighted by Crippen LogP contribution is -2.34. The second-order valence-corrected chi connectivity index (χ2v) is 9.82. The molecule has 3 N–H and O–H groups in total. The van der Waals surface area contributed by atoms with Gasteiger partial charge in [0.15, 0.2) is 0 Å². The van der Waals surface area contributed by atoms with Gasteiger partial charge >= 0.3 is 5.97 Å². The highest BCUT2D eigenvalue weighted by Crippen LogP contribution is 2.37. The van der Waals surface area contributed by atoms with Crippen molar-refractivity contribution in [3.63, 3.8) is 0 Å². The van der Waals surface area contributed by atoms with E-state index >= 15 is 0 Å². The summed E-state index contributed by atoms with van der Waals surface area (Å²) in [6.07, 6.45) is 4.38. The largest absolute Gasteiger partial charge is 0.497 e. The quantitative estimate of drug-likeness (QED) is 0.246. The highest BCUT2D eigenvalue weighted by atomic mass is 32.2. The van der Waals surface area contributed by atoms with Crippen LogP contribution in [0, 0.1) is 11.8 Å². The number of hydrogen-bond donors (Lipinski definition) is 3. The molecular formula is C29H28N2O5S. The van der Waals surface area contributed by atoms with Gasteiger partial charge in [0.2, 0.25) is 11.8 Å². The average Bonchev–Trinajstić information content (AvgIpc) is 2.92. The summed E-state index contributed by atoms with van der Waals surface area (Å²) in [5, 5.41) is 14.8. The van der Waals surface area contributed by atoms with Crippen LogP contribution in [0.4, 0.5) is 11.4 Å². The van der Waals surface area contributed by atoms with E-state index in [0.29, 0.717) is 30.0 Å². The molecule has 7 nitrogen and oxygen atoms in total. The van der Waals surface area contributed by atoms with Crippen molar-refractivity contribution in [2.45, 2.75) is 23.0 Å². The van der Waals surface area contributed by atoms with Gasteiger partial charge in [0.25, 0.3) is 0 Å². The molecular weight excluding hydrogens is 488 g/mol. The number of ether oxygens (including phenoxy) is 1. The number of carbonyl (C=O) groups excluding carboxylic acids is 2. The number of carboxylic acid groups (broad SMARTS) is 1. The standard InChI is InChI=1S/C29H28N2O5S/c1-36-22-13-7-11-20(17-22)31-28(33)26(19-9-3-2-4-10-19)37-23-14-8-12-21(18-23)30-27(32)24-15-5-6-16-25(24)29(34)35/h2-14,17-18,24-26H,15-16H2,1H3,(H,30,32)(H,31,33)(H,34,35). The number of aliphatic carboxylic acids is 1. The molecule has 0 radical (unpaired) electrons. The number of carboxylic acids is 1. The SMILES string of the molecule is COc1cccc(NC(=O)C(Sc2cccc(NC(=O)C3CC=CCC3C(=O)O)c2)c2ccccc2)c1. The van der Waals surface area contributed by atoms with Gasteiger partial charge in [-0.15, -0.1) is 11.8 Å². The minimum atomic E-state index is -0.971. The van der Waals surface area contributed by atoms with Crippen LogP contribution in [0.15, 0.2) is 95.9 Å². The first kappa shape index (κ1) is 26.0. The molecule has 0 bridgehead atoms. The molecule has 3 aromatic rings. The Morgan fingerprint density at radius 1 is 0.865 bits per heavy atom. The number of hydrogen-bond acceptors (Lipinski definition) is 5. The molecule has 0 aliphatic heterocycles. The van der Waals surface area contributed by atoms with Gasteiger partial charge < -0.3 is 20.5 Å². The van der Waals surface area contributed by atoms with Crippen LogP contribution in [-0.4, -0.2) is 30.0 Å². The third-order valence-electron chi connectivity index (χ3n) is 6.12. The first-order valence-corrected chi connectivity index (χ1v) is 12.8. The Labute approximate surface area is 219 Å². The summed E-state index contributed by atoms with van der Waals surface area (Å²) in [6, 6.07) is 23.9. The van der Waals surface area contributed by atoms with E-state index in [0.717, 1.165) is 10.5 Å². The van der Waals surface area contributed by atoms with Crippen LogP contribution in [0.5, 0.6) is 5.75 Å². The third kappa shape index (κ3) is 6.80. The van der Waals surface area contributed by atoms with Crippen LogP contribution < -0.4 is 15.4 Å². The normalized spacial score (nSPS) is 17.4. The summed E-state index contributed by atoms with van der Waals surface area (Å²) < 4.78 is 5.26. The van der Waals surface area contributed by atoms with Crippen LogP contribution in [0.3, 0.4) is 0 Å². The van der Waals surface area contributed by atoms with Crippen LogP contribution >= 0.6 is 11.8 Å². The van der Waals surface area contributed by atoms with Gasteiger partial charge in [-0.3, -0.25) is 14.4 Å². The fraction of sp³-hybridized carbons (Fsp3) is 0.207. The van der Waals surface area contributed by atoms with Gasteiger partial charge in [-0.1, -0.05) is 54.6 Å². The molecule has 0 heterocycles. The first-order chi connectivity index (χ1) is 17.9. The van der Waals surface area contributed by atoms with Gasteiger partial charge in [-0.05, 0) is 48.7 Å². The fourth-order valence-corrected chi connectivity index (χ4v) is 5.29. The number of amides is 2. The van der Waals surface area contributed by atoms with Crippen LogP contribution in [0.2, 0.25) is 0 Å². The third-order valence-corrected chi connectivity index (χ3v) is 7.37. The molecule has 1 aliphatic rings. The summed E-state index contributed by atoms with van der Waals surface area (Å²) in [6.45, 7) is 0.